The first-order chi connectivity index (χ1) is 24.5. The Hall–Kier alpha value is -5.39. The summed E-state index contributed by atoms with van der Waals surface area (Å²) < 4.78 is 0.680. The molecule has 1 saturated heterocycles. The van der Waals surface area contributed by atoms with Crippen molar-refractivity contribution < 1.29 is 48.9 Å². The predicted molar refractivity (Wildman–Crippen MR) is 195 cm³/mol. The number of aliphatic carboxylic acids is 2. The molecule has 0 unspecified atom stereocenters. The van der Waals surface area contributed by atoms with Crippen molar-refractivity contribution in [3.05, 3.63) is 87.6 Å². The molecule has 1 fully saturated rings. The number of nitrogens with two attached hydrogens (primary N) is 1. The van der Waals surface area contributed by atoms with Gasteiger partial charge >= 0.3 is 11.9 Å². The number of carboxylic acids is 2. The van der Waals surface area contributed by atoms with E-state index in [0.29, 0.717) is 16.5 Å². The highest BCUT2D eigenvalue weighted by atomic mass is 32.2. The fraction of sp³-hybridized carbons (Fsp3) is 0.314. The zero-order chi connectivity index (χ0) is 38.0. The highest BCUT2D eigenvalue weighted by Crippen LogP contribution is 2.41. The summed E-state index contributed by atoms with van der Waals surface area (Å²) in [6, 6.07) is 11.6. The molecule has 0 radical (unpaired) electrons. The number of nitrogens with zero attached hydrogens (tertiary/aromatic N) is 4. The summed E-state index contributed by atoms with van der Waals surface area (Å²) in [5.74, 6) is -4.16. The van der Waals surface area contributed by atoms with Gasteiger partial charge in [0.1, 0.15) is 29.4 Å². The first-order valence-corrected chi connectivity index (χ1v) is 17.9. The van der Waals surface area contributed by atoms with Gasteiger partial charge in [0.15, 0.2) is 22.3 Å². The number of thioether (sulfide) groups is 1. The van der Waals surface area contributed by atoms with Crippen LogP contribution in [0.15, 0.2) is 70.3 Å². The molecule has 274 valence electrons. The number of likely N-dealkylation sites (N-methyl/N-ethyl adjacent to an activating group) is 1. The smallest absolute Gasteiger partial charge is 0.352 e. The van der Waals surface area contributed by atoms with Crippen molar-refractivity contribution in [3.63, 3.8) is 0 Å². The van der Waals surface area contributed by atoms with Crippen LogP contribution < -0.4 is 11.1 Å². The maximum Gasteiger partial charge on any atom is 0.352 e. The van der Waals surface area contributed by atoms with Crippen LogP contribution in [0.2, 0.25) is 0 Å². The van der Waals surface area contributed by atoms with Crippen molar-refractivity contribution >= 4 is 63.8 Å². The Bertz CT molecular complexity index is 1990. The number of phenolic OH excluding ortho intramolecular Hbond substituents is 2. The number of nitrogen functional groups attached to an aromatic ring is 1. The maximum atomic E-state index is 13.3. The van der Waals surface area contributed by atoms with E-state index in [4.69, 9.17) is 10.6 Å². The molecule has 0 bridgehead atoms. The number of oxime groups is 1. The van der Waals surface area contributed by atoms with E-state index < -0.39 is 46.5 Å². The number of hydrogen-bond donors (Lipinski definition) is 6. The first kappa shape index (κ1) is 37.9. The third-order valence-corrected chi connectivity index (χ3v) is 10.4. The quantitative estimate of drug-likeness (QED) is 0.0460. The van der Waals surface area contributed by atoms with Crippen molar-refractivity contribution in [1.82, 2.24) is 15.2 Å². The van der Waals surface area contributed by atoms with E-state index in [-0.39, 0.29) is 33.8 Å². The number of carbonyl (C=O) groups excluding carboxylic acids is 2. The van der Waals surface area contributed by atoms with Crippen LogP contribution in [0.1, 0.15) is 36.2 Å². The van der Waals surface area contributed by atoms with E-state index in [2.05, 4.69) is 29.6 Å². The minimum Gasteiger partial charge on any atom is -0.504 e. The van der Waals surface area contributed by atoms with E-state index in [0.717, 1.165) is 46.0 Å². The summed E-state index contributed by atoms with van der Waals surface area (Å²) in [6.45, 7) is 4.03. The average molecular weight is 752 g/mol. The van der Waals surface area contributed by atoms with E-state index in [1.54, 1.807) is 24.3 Å². The second-order valence-corrected chi connectivity index (χ2v) is 15.4. The first-order valence-electron chi connectivity index (χ1n) is 16.0. The molecular formula is C35H39N6O9S2+. The van der Waals surface area contributed by atoms with Gasteiger partial charge in [-0.3, -0.25) is 14.5 Å². The number of allylic oxidation sites excluding steroid dienone is 1. The van der Waals surface area contributed by atoms with Crippen molar-refractivity contribution in [2.24, 2.45) is 5.16 Å². The fourth-order valence-corrected chi connectivity index (χ4v) is 7.31. The summed E-state index contributed by atoms with van der Waals surface area (Å²) in [4.78, 5) is 60.9. The number of aromatic hydroxyl groups is 2. The molecule has 52 heavy (non-hydrogen) atoms. The number of β-lactam (4-membered cyclic amide) rings is 1. The number of nitrogens with one attached hydrogen (secondary N) is 1. The third kappa shape index (κ3) is 8.55. The lowest BCUT2D eigenvalue weighted by Gasteiger charge is -2.49. The topological polar surface area (TPSA) is 225 Å². The zero-order valence-corrected chi connectivity index (χ0v) is 30.4. The summed E-state index contributed by atoms with van der Waals surface area (Å²) in [5, 5.41) is 46.0. The Labute approximate surface area is 307 Å². The van der Waals surface area contributed by atoms with Crippen LogP contribution in [0.5, 0.6) is 11.5 Å². The molecule has 2 atom stereocenters. The molecule has 2 aliphatic rings. The summed E-state index contributed by atoms with van der Waals surface area (Å²) in [7, 11) is 4.21. The van der Waals surface area contributed by atoms with E-state index >= 15 is 0 Å². The third-order valence-electron chi connectivity index (χ3n) is 8.46. The van der Waals surface area contributed by atoms with Crippen LogP contribution >= 0.6 is 23.1 Å². The predicted octanol–water partition coefficient (Wildman–Crippen LogP) is 2.99. The average Bonchev–Trinajstić information content (AvgIpc) is 3.52. The van der Waals surface area contributed by atoms with Crippen LogP contribution in [-0.4, -0.2) is 108 Å². The van der Waals surface area contributed by atoms with Gasteiger partial charge in [-0.2, -0.15) is 0 Å². The number of anilines is 1. The Morgan fingerprint density at radius 2 is 1.79 bits per heavy atom. The number of quaternary nitrogens is 1. The van der Waals surface area contributed by atoms with Gasteiger partial charge in [0.25, 0.3) is 11.8 Å². The van der Waals surface area contributed by atoms with Crippen molar-refractivity contribution in [2.45, 2.75) is 43.8 Å². The summed E-state index contributed by atoms with van der Waals surface area (Å²) >= 11 is 2.31. The van der Waals surface area contributed by atoms with Gasteiger partial charge in [0.05, 0.1) is 20.6 Å². The van der Waals surface area contributed by atoms with Gasteiger partial charge in [-0.1, -0.05) is 47.6 Å². The number of fused-ring (bicyclic) bond motifs is 1. The number of benzene rings is 2. The molecule has 1 aromatic heterocycles. The van der Waals surface area contributed by atoms with Gasteiger partial charge in [0.2, 0.25) is 5.60 Å². The fourth-order valence-electron chi connectivity index (χ4n) is 5.44. The lowest BCUT2D eigenvalue weighted by atomic mass is 10.0. The monoisotopic (exact) mass is 751 g/mol. The number of carbonyl (C=O) groups is 4. The number of amides is 2. The van der Waals surface area contributed by atoms with Gasteiger partial charge in [-0.15, -0.1) is 23.1 Å². The van der Waals surface area contributed by atoms with Crippen LogP contribution in [-0.2, 0) is 37.0 Å². The molecule has 7 N–H and O–H groups in total. The Kier molecular flexibility index (Phi) is 11.0. The Balaban J connectivity index is 1.24. The van der Waals surface area contributed by atoms with Crippen LogP contribution in [0.4, 0.5) is 5.13 Å². The molecular weight excluding hydrogens is 713 g/mol. The van der Waals surface area contributed by atoms with Crippen LogP contribution in [0.25, 0.3) is 6.08 Å². The molecule has 0 aliphatic carbocycles. The standard InChI is InChI=1S/C35H38N6O9S2/c1-35(2,33(48)49)50-39-26(23-18-52-34(36)37-23)29(44)38-27-30(45)40-28(32(46)47)22(17-51-31(27)40)11-9-19-5-7-21(8-6-19)16-41(3,4)14-13-20-10-12-24(42)25(43)15-20/h5-12,15,18,27,31H,13-14,16-17H2,1-4H3,(H6-,36,37,38,39,42,43,44,46,47,48,49)/p+1/b11-9-/t27-,31-/m1/s1. The molecule has 2 amide bonds. The number of phenols is 2. The zero-order valence-electron chi connectivity index (χ0n) is 28.8. The lowest BCUT2D eigenvalue weighted by molar-refractivity contribution is -0.903. The van der Waals surface area contributed by atoms with Crippen molar-refractivity contribution in [1.29, 1.82) is 0 Å². The second kappa shape index (κ2) is 15.1. The van der Waals surface area contributed by atoms with Crippen molar-refractivity contribution in [2.75, 3.05) is 32.1 Å². The van der Waals surface area contributed by atoms with Gasteiger partial charge in [0, 0.05) is 23.1 Å². The second-order valence-electron chi connectivity index (χ2n) is 13.4. The number of hydrogen-bond acceptors (Lipinski definition) is 12. The number of carboxylic acid groups (broad SMARTS) is 2. The summed E-state index contributed by atoms with van der Waals surface area (Å²) in [5.41, 5.74) is 6.67. The minimum absolute atomic E-state index is 0.0166. The largest absolute Gasteiger partial charge is 0.504 e. The lowest BCUT2D eigenvalue weighted by Crippen LogP contribution is -2.71. The molecule has 17 heteroatoms. The van der Waals surface area contributed by atoms with Gasteiger partial charge in [-0.05, 0) is 42.7 Å². The molecule has 3 aromatic rings. The SMILES string of the molecule is CC(C)(O/N=C(\C(=O)N[C@@H]1C(=O)N2C(C(=O)O)=C(/C=C\c3ccc(C[N+](C)(C)CCc4ccc(O)c(O)c4)cc3)CS[C@H]12)c1csc(N)n1)C(=O)O. The number of rotatable bonds is 14. The van der Waals surface area contributed by atoms with E-state index in [1.807, 2.05) is 24.3 Å². The maximum absolute atomic E-state index is 13.3. The van der Waals surface area contributed by atoms with Crippen molar-refractivity contribution in [3.8, 4) is 11.5 Å². The normalized spacial score (nSPS) is 17.9. The van der Waals surface area contributed by atoms with Gasteiger partial charge in [-0.25, -0.2) is 14.6 Å². The van der Waals surface area contributed by atoms with E-state index in [9.17, 15) is 39.6 Å². The molecule has 0 spiro atoms. The van der Waals surface area contributed by atoms with E-state index in [1.165, 1.54) is 37.1 Å². The molecule has 2 aromatic carbocycles. The molecule has 0 saturated carbocycles. The molecule has 3 heterocycles. The van der Waals surface area contributed by atoms with Gasteiger partial charge < -0.3 is 40.8 Å². The molecule has 2 aliphatic heterocycles. The number of aromatic nitrogens is 1. The van der Waals surface area contributed by atoms with Crippen LogP contribution in [0, 0.1) is 0 Å². The number of thiazole rings is 1. The highest BCUT2D eigenvalue weighted by Gasteiger charge is 2.54. The summed E-state index contributed by atoms with van der Waals surface area (Å²) in [6.07, 6.45) is 4.17. The highest BCUT2D eigenvalue weighted by molar-refractivity contribution is 8.00. The molecule has 15 nitrogen and oxygen atoms in total. The Morgan fingerprint density at radius 1 is 1.10 bits per heavy atom. The minimum atomic E-state index is -1.78. The molecule has 5 rings (SSSR count). The van der Waals surface area contributed by atoms with Crippen LogP contribution in [0.3, 0.4) is 0 Å². The Morgan fingerprint density at radius 3 is 2.40 bits per heavy atom.